The molecule has 1 heterocycles. The summed E-state index contributed by atoms with van der Waals surface area (Å²) in [4.78, 5) is 16.0. The summed E-state index contributed by atoms with van der Waals surface area (Å²) >= 11 is 1.53. The number of thioether (sulfide) groups is 1. The van der Waals surface area contributed by atoms with E-state index in [0.29, 0.717) is 17.4 Å². The van der Waals surface area contributed by atoms with Gasteiger partial charge in [0.2, 0.25) is 0 Å². The molecule has 0 saturated carbocycles. The van der Waals surface area contributed by atoms with Gasteiger partial charge in [0.1, 0.15) is 5.75 Å². The standard InChI is InChI=1S/C17H19NO2S/c1-13(2)15-7-3-4-8-16(15)20-17(19)12-21-11-14-6-5-9-18-10-14/h3-10,13H,11-12H2,1-2H3. The second-order valence-electron chi connectivity index (χ2n) is 5.02. The van der Waals surface area contributed by atoms with Gasteiger partial charge in [-0.25, -0.2) is 0 Å². The highest BCUT2D eigenvalue weighted by molar-refractivity contribution is 7.99. The van der Waals surface area contributed by atoms with Gasteiger partial charge >= 0.3 is 5.97 Å². The molecule has 0 bridgehead atoms. The third-order valence-electron chi connectivity index (χ3n) is 2.98. The number of rotatable bonds is 6. The molecule has 0 spiro atoms. The van der Waals surface area contributed by atoms with Gasteiger partial charge in [-0.15, -0.1) is 11.8 Å². The number of carbonyl (C=O) groups is 1. The van der Waals surface area contributed by atoms with Crippen molar-refractivity contribution in [3.63, 3.8) is 0 Å². The van der Waals surface area contributed by atoms with Gasteiger partial charge in [-0.2, -0.15) is 0 Å². The molecule has 0 aliphatic carbocycles. The van der Waals surface area contributed by atoms with Crippen molar-refractivity contribution in [3.05, 3.63) is 59.9 Å². The SMILES string of the molecule is CC(C)c1ccccc1OC(=O)CSCc1cccnc1. The monoisotopic (exact) mass is 301 g/mol. The molecule has 0 amide bonds. The van der Waals surface area contributed by atoms with E-state index in [1.54, 1.807) is 6.20 Å². The van der Waals surface area contributed by atoms with Crippen molar-refractivity contribution >= 4 is 17.7 Å². The van der Waals surface area contributed by atoms with Crippen molar-refractivity contribution in [1.82, 2.24) is 4.98 Å². The molecule has 0 fully saturated rings. The Balaban J connectivity index is 1.85. The number of ether oxygens (including phenoxy) is 1. The van der Waals surface area contributed by atoms with E-state index in [9.17, 15) is 4.79 Å². The van der Waals surface area contributed by atoms with E-state index < -0.39 is 0 Å². The predicted octanol–water partition coefficient (Wildman–Crippen LogP) is 4.04. The molecule has 0 aliphatic rings. The number of aromatic nitrogens is 1. The molecule has 0 unspecified atom stereocenters. The van der Waals surface area contributed by atoms with E-state index in [-0.39, 0.29) is 5.97 Å². The highest BCUT2D eigenvalue weighted by Crippen LogP contribution is 2.26. The fraction of sp³-hybridized carbons (Fsp3) is 0.294. The Morgan fingerprint density at radius 2 is 2.05 bits per heavy atom. The number of carbonyl (C=O) groups excluding carboxylic acids is 1. The number of hydrogen-bond donors (Lipinski definition) is 0. The smallest absolute Gasteiger partial charge is 0.321 e. The van der Waals surface area contributed by atoms with Crippen LogP contribution < -0.4 is 4.74 Å². The van der Waals surface area contributed by atoms with Gasteiger partial charge in [-0.1, -0.05) is 38.1 Å². The van der Waals surface area contributed by atoms with Crippen molar-refractivity contribution in [2.45, 2.75) is 25.5 Å². The molecular weight excluding hydrogens is 282 g/mol. The molecule has 0 radical (unpaired) electrons. The van der Waals surface area contributed by atoms with E-state index in [1.807, 2.05) is 42.6 Å². The summed E-state index contributed by atoms with van der Waals surface area (Å²) in [6, 6.07) is 11.6. The maximum atomic E-state index is 11.9. The summed E-state index contributed by atoms with van der Waals surface area (Å²) < 4.78 is 5.47. The molecule has 110 valence electrons. The van der Waals surface area contributed by atoms with Crippen LogP contribution in [0.25, 0.3) is 0 Å². The van der Waals surface area contributed by atoms with Gasteiger partial charge in [-0.3, -0.25) is 9.78 Å². The zero-order valence-electron chi connectivity index (χ0n) is 12.3. The first-order valence-corrected chi connectivity index (χ1v) is 8.08. The van der Waals surface area contributed by atoms with Crippen molar-refractivity contribution < 1.29 is 9.53 Å². The maximum Gasteiger partial charge on any atom is 0.321 e. The third-order valence-corrected chi connectivity index (χ3v) is 3.95. The number of esters is 1. The minimum atomic E-state index is -0.211. The van der Waals surface area contributed by atoms with Crippen molar-refractivity contribution in [2.24, 2.45) is 0 Å². The largest absolute Gasteiger partial charge is 0.426 e. The van der Waals surface area contributed by atoms with Gasteiger partial charge in [-0.05, 0) is 29.2 Å². The van der Waals surface area contributed by atoms with Gasteiger partial charge in [0.05, 0.1) is 5.75 Å². The van der Waals surface area contributed by atoms with Gasteiger partial charge in [0, 0.05) is 18.1 Å². The zero-order chi connectivity index (χ0) is 15.1. The van der Waals surface area contributed by atoms with Crippen LogP contribution in [0.5, 0.6) is 5.75 Å². The Morgan fingerprint density at radius 1 is 1.24 bits per heavy atom. The lowest BCUT2D eigenvalue weighted by Gasteiger charge is -2.12. The van der Waals surface area contributed by atoms with E-state index in [4.69, 9.17) is 4.74 Å². The molecule has 2 rings (SSSR count). The van der Waals surface area contributed by atoms with Crippen LogP contribution in [0.4, 0.5) is 0 Å². The predicted molar refractivity (Wildman–Crippen MR) is 86.6 cm³/mol. The number of para-hydroxylation sites is 1. The first-order chi connectivity index (χ1) is 10.2. The van der Waals surface area contributed by atoms with Crippen LogP contribution in [0, 0.1) is 0 Å². The Morgan fingerprint density at radius 3 is 2.76 bits per heavy atom. The number of nitrogens with zero attached hydrogens (tertiary/aromatic N) is 1. The second kappa shape index (κ2) is 7.84. The first-order valence-electron chi connectivity index (χ1n) is 6.93. The molecule has 0 aliphatic heterocycles. The Kier molecular flexibility index (Phi) is 5.81. The molecule has 1 aromatic carbocycles. The third kappa shape index (κ3) is 4.90. The Hall–Kier alpha value is -1.81. The van der Waals surface area contributed by atoms with Crippen LogP contribution in [-0.4, -0.2) is 16.7 Å². The van der Waals surface area contributed by atoms with Crippen LogP contribution in [0.1, 0.15) is 30.9 Å². The topological polar surface area (TPSA) is 39.2 Å². The fourth-order valence-corrected chi connectivity index (χ4v) is 2.67. The molecule has 4 heteroatoms. The molecule has 0 saturated heterocycles. The lowest BCUT2D eigenvalue weighted by molar-refractivity contribution is -0.131. The number of benzene rings is 1. The van der Waals surface area contributed by atoms with Gasteiger partial charge in [0.15, 0.2) is 0 Å². The van der Waals surface area contributed by atoms with E-state index in [1.165, 1.54) is 11.8 Å². The highest BCUT2D eigenvalue weighted by Gasteiger charge is 2.11. The number of pyridine rings is 1. The summed E-state index contributed by atoms with van der Waals surface area (Å²) in [6.45, 7) is 4.17. The normalized spacial score (nSPS) is 10.6. The van der Waals surface area contributed by atoms with Crippen molar-refractivity contribution in [3.8, 4) is 5.75 Å². The first kappa shape index (κ1) is 15.6. The molecule has 3 nitrogen and oxygen atoms in total. The van der Waals surface area contributed by atoms with Crippen molar-refractivity contribution in [1.29, 1.82) is 0 Å². The summed E-state index contributed by atoms with van der Waals surface area (Å²) in [5, 5.41) is 0. The Labute approximate surface area is 129 Å². The van der Waals surface area contributed by atoms with Crippen LogP contribution in [0.3, 0.4) is 0 Å². The minimum Gasteiger partial charge on any atom is -0.426 e. The molecule has 2 aromatic rings. The van der Waals surface area contributed by atoms with E-state index in [2.05, 4.69) is 18.8 Å². The number of hydrogen-bond acceptors (Lipinski definition) is 4. The van der Waals surface area contributed by atoms with Crippen LogP contribution in [0.2, 0.25) is 0 Å². The van der Waals surface area contributed by atoms with Gasteiger partial charge in [0.25, 0.3) is 0 Å². The van der Waals surface area contributed by atoms with Gasteiger partial charge < -0.3 is 4.74 Å². The maximum absolute atomic E-state index is 11.9. The summed E-state index contributed by atoms with van der Waals surface area (Å²) in [5.41, 5.74) is 2.17. The quantitative estimate of drug-likeness (QED) is 0.596. The van der Waals surface area contributed by atoms with Crippen molar-refractivity contribution in [2.75, 3.05) is 5.75 Å². The van der Waals surface area contributed by atoms with Crippen LogP contribution >= 0.6 is 11.8 Å². The van der Waals surface area contributed by atoms with Crippen LogP contribution in [0.15, 0.2) is 48.8 Å². The summed E-state index contributed by atoms with van der Waals surface area (Å²) in [6.07, 6.45) is 3.55. The Bertz CT molecular complexity index is 584. The van der Waals surface area contributed by atoms with E-state index >= 15 is 0 Å². The van der Waals surface area contributed by atoms with Crippen LogP contribution in [-0.2, 0) is 10.5 Å². The average Bonchev–Trinajstić information content (AvgIpc) is 2.48. The minimum absolute atomic E-state index is 0.211. The lowest BCUT2D eigenvalue weighted by Crippen LogP contribution is -2.12. The average molecular weight is 301 g/mol. The highest BCUT2D eigenvalue weighted by atomic mass is 32.2. The molecule has 0 N–H and O–H groups in total. The molecule has 21 heavy (non-hydrogen) atoms. The fourth-order valence-electron chi connectivity index (χ4n) is 1.94. The molecule has 1 aromatic heterocycles. The lowest BCUT2D eigenvalue weighted by atomic mass is 10.0. The summed E-state index contributed by atoms with van der Waals surface area (Å²) in [5.74, 6) is 1.88. The summed E-state index contributed by atoms with van der Waals surface area (Å²) in [7, 11) is 0. The second-order valence-corrected chi connectivity index (χ2v) is 6.01. The van der Waals surface area contributed by atoms with E-state index in [0.717, 1.165) is 16.9 Å². The molecular formula is C17H19NO2S. The zero-order valence-corrected chi connectivity index (χ0v) is 13.1. The molecule has 0 atom stereocenters.